The fourth-order valence-electron chi connectivity index (χ4n) is 3.22. The molecule has 0 aliphatic heterocycles. The van der Waals surface area contributed by atoms with Gasteiger partial charge >= 0.3 is 0 Å². The van der Waals surface area contributed by atoms with Gasteiger partial charge in [0.1, 0.15) is 0 Å². The van der Waals surface area contributed by atoms with Gasteiger partial charge in [-0.3, -0.25) is 9.58 Å². The van der Waals surface area contributed by atoms with Gasteiger partial charge in [-0.15, -0.1) is 0 Å². The molecule has 1 aromatic rings. The summed E-state index contributed by atoms with van der Waals surface area (Å²) in [5.74, 6) is 0.916. The molecule has 0 N–H and O–H groups in total. The Morgan fingerprint density at radius 3 is 2.45 bits per heavy atom. The highest BCUT2D eigenvalue weighted by Crippen LogP contribution is 2.29. The molecule has 4 heteroatoms. The molecule has 1 fully saturated rings. The topological polar surface area (TPSA) is 21.1 Å². The highest BCUT2D eigenvalue weighted by molar-refractivity contribution is 9.10. The fourth-order valence-corrected chi connectivity index (χ4v) is 3.91. The third-order valence-corrected chi connectivity index (χ3v) is 5.62. The Morgan fingerprint density at radius 1 is 1.25 bits per heavy atom. The summed E-state index contributed by atoms with van der Waals surface area (Å²) in [5.41, 5.74) is 2.53. The van der Waals surface area contributed by atoms with Gasteiger partial charge in [0.25, 0.3) is 0 Å². The highest BCUT2D eigenvalue weighted by atomic mass is 79.9. The number of hydrogen-bond acceptors (Lipinski definition) is 2. The van der Waals surface area contributed by atoms with E-state index in [0.717, 1.165) is 31.5 Å². The molecule has 0 amide bonds. The van der Waals surface area contributed by atoms with Crippen molar-refractivity contribution in [3.05, 3.63) is 15.9 Å². The molecule has 0 radical (unpaired) electrons. The Morgan fingerprint density at radius 2 is 1.90 bits per heavy atom. The summed E-state index contributed by atoms with van der Waals surface area (Å²) in [5, 5.41) is 4.70. The van der Waals surface area contributed by atoms with E-state index >= 15 is 0 Å². The van der Waals surface area contributed by atoms with Crippen molar-refractivity contribution in [2.24, 2.45) is 5.92 Å². The molecular weight excluding hydrogens is 314 g/mol. The van der Waals surface area contributed by atoms with E-state index in [1.807, 2.05) is 0 Å². The Kier molecular flexibility index (Phi) is 5.67. The summed E-state index contributed by atoms with van der Waals surface area (Å²) < 4.78 is 3.38. The van der Waals surface area contributed by atoms with Crippen LogP contribution in [0.1, 0.15) is 57.8 Å². The van der Waals surface area contributed by atoms with E-state index in [4.69, 9.17) is 5.10 Å². The fraction of sp³-hybridized carbons (Fsp3) is 0.812. The zero-order chi connectivity index (χ0) is 14.7. The second-order valence-corrected chi connectivity index (χ2v) is 7.00. The van der Waals surface area contributed by atoms with E-state index in [2.05, 4.69) is 53.3 Å². The smallest absolute Gasteiger partial charge is 0.0767 e. The first-order valence-corrected chi connectivity index (χ1v) is 8.80. The normalized spacial score (nSPS) is 23.5. The van der Waals surface area contributed by atoms with Crippen LogP contribution in [-0.2, 0) is 19.5 Å². The molecule has 0 atom stereocenters. The molecule has 1 aromatic heterocycles. The van der Waals surface area contributed by atoms with Crippen LogP contribution in [0.2, 0.25) is 0 Å². The van der Waals surface area contributed by atoms with Gasteiger partial charge in [0.15, 0.2) is 0 Å². The first-order chi connectivity index (χ1) is 9.56. The number of nitrogens with zero attached hydrogens (tertiary/aromatic N) is 3. The van der Waals surface area contributed by atoms with Crippen LogP contribution in [0, 0.1) is 5.92 Å². The van der Waals surface area contributed by atoms with E-state index in [9.17, 15) is 0 Å². The maximum atomic E-state index is 4.70. The molecule has 0 spiro atoms. The predicted octanol–water partition coefficient (Wildman–Crippen LogP) is 4.24. The van der Waals surface area contributed by atoms with E-state index in [1.54, 1.807) is 0 Å². The number of rotatable bonds is 5. The van der Waals surface area contributed by atoms with Gasteiger partial charge in [0.05, 0.1) is 15.9 Å². The Labute approximate surface area is 131 Å². The molecule has 1 aliphatic carbocycles. The largest absolute Gasteiger partial charge is 0.298 e. The van der Waals surface area contributed by atoms with Crippen LogP contribution >= 0.6 is 15.9 Å². The molecule has 0 saturated heterocycles. The summed E-state index contributed by atoms with van der Waals surface area (Å²) in [4.78, 5) is 2.53. The van der Waals surface area contributed by atoms with E-state index in [1.165, 1.54) is 41.5 Å². The molecule has 114 valence electrons. The summed E-state index contributed by atoms with van der Waals surface area (Å²) in [6, 6.07) is 0.739. The van der Waals surface area contributed by atoms with Crippen LogP contribution in [0.15, 0.2) is 4.47 Å². The van der Waals surface area contributed by atoms with E-state index < -0.39 is 0 Å². The lowest BCUT2D eigenvalue weighted by Crippen LogP contribution is -2.35. The van der Waals surface area contributed by atoms with Crippen molar-refractivity contribution in [3.8, 4) is 0 Å². The van der Waals surface area contributed by atoms with E-state index in [-0.39, 0.29) is 0 Å². The molecular formula is C16H28BrN3. The number of halogens is 1. The molecule has 1 saturated carbocycles. The van der Waals surface area contributed by atoms with Crippen LogP contribution in [0.3, 0.4) is 0 Å². The van der Waals surface area contributed by atoms with Crippen molar-refractivity contribution in [1.29, 1.82) is 0 Å². The van der Waals surface area contributed by atoms with Crippen molar-refractivity contribution < 1.29 is 0 Å². The Bertz CT molecular complexity index is 433. The van der Waals surface area contributed by atoms with Crippen LogP contribution in [0.25, 0.3) is 0 Å². The van der Waals surface area contributed by atoms with Crippen LogP contribution in [0.4, 0.5) is 0 Å². The van der Waals surface area contributed by atoms with Gasteiger partial charge in [-0.1, -0.05) is 13.8 Å². The number of hydrogen-bond donors (Lipinski definition) is 0. The van der Waals surface area contributed by atoms with Gasteiger partial charge in [-0.25, -0.2) is 0 Å². The number of aryl methyl sites for hydroxylation is 2. The van der Waals surface area contributed by atoms with Crippen LogP contribution in [0.5, 0.6) is 0 Å². The minimum absolute atomic E-state index is 0.739. The molecule has 20 heavy (non-hydrogen) atoms. The van der Waals surface area contributed by atoms with Crippen molar-refractivity contribution in [3.63, 3.8) is 0 Å². The van der Waals surface area contributed by atoms with Crippen LogP contribution in [-0.4, -0.2) is 27.8 Å². The monoisotopic (exact) mass is 341 g/mol. The van der Waals surface area contributed by atoms with Crippen molar-refractivity contribution in [1.82, 2.24) is 14.7 Å². The SMILES string of the molecule is CCc1nn(CC)c(CN(C)C2CCC(C)CC2)c1Br. The van der Waals surface area contributed by atoms with Crippen LogP contribution < -0.4 is 0 Å². The lowest BCUT2D eigenvalue weighted by atomic mass is 9.87. The number of aromatic nitrogens is 2. The minimum Gasteiger partial charge on any atom is -0.298 e. The van der Waals surface area contributed by atoms with Crippen molar-refractivity contribution in [2.75, 3.05) is 7.05 Å². The average Bonchev–Trinajstić information content (AvgIpc) is 2.76. The average molecular weight is 342 g/mol. The molecule has 0 aromatic carbocycles. The van der Waals surface area contributed by atoms with E-state index in [0.29, 0.717) is 0 Å². The standard InChI is InChI=1S/C16H28BrN3/c1-5-14-16(17)15(20(6-2)18-14)11-19(4)13-9-7-12(3)8-10-13/h12-13H,5-11H2,1-4H3. The first-order valence-electron chi connectivity index (χ1n) is 8.01. The summed E-state index contributed by atoms with van der Waals surface area (Å²) in [6.07, 6.45) is 6.43. The first kappa shape index (κ1) is 16.0. The van der Waals surface area contributed by atoms with Gasteiger partial charge < -0.3 is 0 Å². The molecule has 0 bridgehead atoms. The van der Waals surface area contributed by atoms with Crippen molar-refractivity contribution in [2.45, 2.75) is 72.0 Å². The minimum atomic E-state index is 0.739. The second-order valence-electron chi connectivity index (χ2n) is 6.21. The predicted molar refractivity (Wildman–Crippen MR) is 87.9 cm³/mol. The third kappa shape index (κ3) is 3.45. The summed E-state index contributed by atoms with van der Waals surface area (Å²) in [7, 11) is 2.27. The molecule has 2 rings (SSSR count). The Balaban J connectivity index is 2.07. The molecule has 3 nitrogen and oxygen atoms in total. The molecule has 0 unspecified atom stereocenters. The second kappa shape index (κ2) is 7.08. The Hall–Kier alpha value is -0.350. The maximum absolute atomic E-state index is 4.70. The lowest BCUT2D eigenvalue weighted by Gasteiger charge is -2.33. The summed E-state index contributed by atoms with van der Waals surface area (Å²) in [6.45, 7) is 8.67. The quantitative estimate of drug-likeness (QED) is 0.798. The maximum Gasteiger partial charge on any atom is 0.0767 e. The van der Waals surface area contributed by atoms with Crippen molar-refractivity contribution >= 4 is 15.9 Å². The zero-order valence-corrected chi connectivity index (χ0v) is 14.9. The summed E-state index contributed by atoms with van der Waals surface area (Å²) >= 11 is 3.76. The van der Waals surface area contributed by atoms with Gasteiger partial charge in [-0.2, -0.15) is 5.10 Å². The molecule has 1 heterocycles. The van der Waals surface area contributed by atoms with Gasteiger partial charge in [-0.05, 0) is 67.9 Å². The lowest BCUT2D eigenvalue weighted by molar-refractivity contribution is 0.160. The highest BCUT2D eigenvalue weighted by Gasteiger charge is 2.24. The molecule has 1 aliphatic rings. The van der Waals surface area contributed by atoms with Gasteiger partial charge in [0, 0.05) is 19.1 Å². The zero-order valence-electron chi connectivity index (χ0n) is 13.3. The third-order valence-electron chi connectivity index (χ3n) is 4.70. The van der Waals surface area contributed by atoms with Gasteiger partial charge in [0.2, 0.25) is 0 Å².